The first-order valence-electron chi connectivity index (χ1n) is 9.97. The number of fused-ring (bicyclic) bond motifs is 2. The van der Waals surface area contributed by atoms with Crippen molar-refractivity contribution in [3.8, 4) is 5.69 Å². The Balaban J connectivity index is 1.72. The molecule has 2 aromatic carbocycles. The summed E-state index contributed by atoms with van der Waals surface area (Å²) >= 11 is 0. The highest BCUT2D eigenvalue weighted by atomic mass is 19.1. The van der Waals surface area contributed by atoms with Crippen molar-refractivity contribution in [2.45, 2.75) is 19.4 Å². The number of nitrogens with zero attached hydrogens (tertiary/aromatic N) is 4. The molecule has 1 atom stereocenters. The van der Waals surface area contributed by atoms with Gasteiger partial charge < -0.3 is 10.3 Å². The molecule has 0 aliphatic carbocycles. The van der Waals surface area contributed by atoms with Crippen molar-refractivity contribution in [1.29, 1.82) is 0 Å². The van der Waals surface area contributed by atoms with Gasteiger partial charge in [0.05, 0.1) is 17.8 Å². The maximum atomic E-state index is 13.9. The van der Waals surface area contributed by atoms with Crippen LogP contribution in [0.1, 0.15) is 25.1 Å². The first-order valence-corrected chi connectivity index (χ1v) is 9.97. The lowest BCUT2D eigenvalue weighted by molar-refractivity contribution is 0.629. The third-order valence-electron chi connectivity index (χ3n) is 5.32. The molecule has 7 nitrogen and oxygen atoms in total. The number of rotatable bonds is 5. The lowest BCUT2D eigenvalue weighted by Crippen LogP contribution is -2.26. The molecular formula is C23H19FN6O. The molecule has 0 aliphatic rings. The number of imidazole rings is 1. The monoisotopic (exact) mass is 414 g/mol. The molecular weight excluding hydrogens is 395 g/mol. The maximum Gasteiger partial charge on any atom is 0.263 e. The number of halogens is 1. The summed E-state index contributed by atoms with van der Waals surface area (Å²) in [6, 6.07) is 15.3. The summed E-state index contributed by atoms with van der Waals surface area (Å²) in [5, 5.41) is 4.45. The van der Waals surface area contributed by atoms with Gasteiger partial charge in [0.1, 0.15) is 17.7 Å². The fourth-order valence-corrected chi connectivity index (χ4v) is 3.83. The molecule has 8 heteroatoms. The van der Waals surface area contributed by atoms with Gasteiger partial charge in [0.25, 0.3) is 5.56 Å². The van der Waals surface area contributed by atoms with Crippen LogP contribution in [0.15, 0.2) is 72.0 Å². The standard InChI is InChI=1S/C23H19FN6O/c1-2-18(29-22-20-21(26-12-25-20)27-13-28-22)19-10-14-8-9-15(24)11-17(14)23(31)30(19)16-6-4-3-5-7-16/h3-13,18H,2H2,1H3,(H2,25,26,27,28,29)/t18-/m1/s1. The Labute approximate surface area is 176 Å². The number of hydrogen-bond acceptors (Lipinski definition) is 5. The smallest absolute Gasteiger partial charge is 0.263 e. The lowest BCUT2D eigenvalue weighted by Gasteiger charge is -2.23. The molecule has 5 aromatic rings. The lowest BCUT2D eigenvalue weighted by atomic mass is 10.0. The number of benzene rings is 2. The highest BCUT2D eigenvalue weighted by molar-refractivity contribution is 5.84. The molecule has 3 heterocycles. The fraction of sp³-hybridized carbons (Fsp3) is 0.130. The van der Waals surface area contributed by atoms with Crippen molar-refractivity contribution >= 4 is 27.8 Å². The molecule has 5 rings (SSSR count). The molecule has 0 spiro atoms. The number of H-pyrrole nitrogens is 1. The third-order valence-corrected chi connectivity index (χ3v) is 5.32. The Morgan fingerprint density at radius 1 is 1.10 bits per heavy atom. The predicted octanol–water partition coefficient (Wildman–Crippen LogP) is 4.36. The second-order valence-electron chi connectivity index (χ2n) is 7.21. The average molecular weight is 414 g/mol. The second-order valence-corrected chi connectivity index (χ2v) is 7.21. The minimum Gasteiger partial charge on any atom is -0.360 e. The second kappa shape index (κ2) is 7.64. The fourth-order valence-electron chi connectivity index (χ4n) is 3.83. The van der Waals surface area contributed by atoms with Crippen molar-refractivity contribution in [3.05, 3.63) is 89.1 Å². The van der Waals surface area contributed by atoms with E-state index in [1.807, 2.05) is 43.3 Å². The number of aromatic amines is 1. The molecule has 0 saturated carbocycles. The zero-order chi connectivity index (χ0) is 21.4. The Morgan fingerprint density at radius 3 is 2.74 bits per heavy atom. The van der Waals surface area contributed by atoms with Crippen LogP contribution in [0.25, 0.3) is 27.6 Å². The van der Waals surface area contributed by atoms with E-state index in [4.69, 9.17) is 0 Å². The van der Waals surface area contributed by atoms with Crippen LogP contribution in [0.3, 0.4) is 0 Å². The van der Waals surface area contributed by atoms with Gasteiger partial charge in [-0.1, -0.05) is 31.2 Å². The molecule has 0 fully saturated rings. The van der Waals surface area contributed by atoms with E-state index in [1.54, 1.807) is 17.0 Å². The molecule has 0 bridgehead atoms. The van der Waals surface area contributed by atoms with E-state index in [0.717, 1.165) is 5.69 Å². The molecule has 2 N–H and O–H groups in total. The molecule has 154 valence electrons. The molecule has 0 saturated heterocycles. The number of pyridine rings is 1. The Morgan fingerprint density at radius 2 is 1.94 bits per heavy atom. The van der Waals surface area contributed by atoms with E-state index in [9.17, 15) is 9.18 Å². The van der Waals surface area contributed by atoms with Crippen molar-refractivity contribution < 1.29 is 4.39 Å². The highest BCUT2D eigenvalue weighted by Crippen LogP contribution is 2.28. The van der Waals surface area contributed by atoms with E-state index in [2.05, 4.69) is 25.3 Å². The predicted molar refractivity (Wildman–Crippen MR) is 118 cm³/mol. The van der Waals surface area contributed by atoms with Crippen LogP contribution in [-0.2, 0) is 0 Å². The summed E-state index contributed by atoms with van der Waals surface area (Å²) in [5.74, 6) is 0.158. The minimum atomic E-state index is -0.440. The number of nitrogens with one attached hydrogen (secondary N) is 2. The van der Waals surface area contributed by atoms with Crippen LogP contribution < -0.4 is 10.9 Å². The van der Waals surface area contributed by atoms with Gasteiger partial charge in [-0.3, -0.25) is 9.36 Å². The maximum absolute atomic E-state index is 13.9. The van der Waals surface area contributed by atoms with Gasteiger partial charge >= 0.3 is 0 Å². The van der Waals surface area contributed by atoms with Crippen molar-refractivity contribution in [1.82, 2.24) is 24.5 Å². The summed E-state index contributed by atoms with van der Waals surface area (Å²) in [7, 11) is 0. The number of para-hydroxylation sites is 1. The zero-order valence-corrected chi connectivity index (χ0v) is 16.7. The molecule has 0 unspecified atom stereocenters. The number of anilines is 1. The summed E-state index contributed by atoms with van der Waals surface area (Å²) < 4.78 is 15.5. The van der Waals surface area contributed by atoms with Crippen LogP contribution >= 0.6 is 0 Å². The Kier molecular flexibility index (Phi) is 4.66. The summed E-state index contributed by atoms with van der Waals surface area (Å²) in [5.41, 5.74) is 2.44. The van der Waals surface area contributed by atoms with Crippen LogP contribution in [0, 0.1) is 5.82 Å². The van der Waals surface area contributed by atoms with Crippen LogP contribution in [0.4, 0.5) is 10.2 Å². The molecule has 0 aliphatic heterocycles. The van der Waals surface area contributed by atoms with Gasteiger partial charge in [-0.05, 0) is 42.1 Å². The topological polar surface area (TPSA) is 88.5 Å². The first-order chi connectivity index (χ1) is 15.2. The van der Waals surface area contributed by atoms with Gasteiger partial charge in [-0.25, -0.2) is 19.3 Å². The van der Waals surface area contributed by atoms with Gasteiger partial charge in [0.2, 0.25) is 0 Å². The van der Waals surface area contributed by atoms with Gasteiger partial charge in [0, 0.05) is 11.4 Å². The van der Waals surface area contributed by atoms with Crippen LogP contribution in [-0.4, -0.2) is 24.5 Å². The minimum absolute atomic E-state index is 0.247. The molecule has 0 amide bonds. The van der Waals surface area contributed by atoms with E-state index >= 15 is 0 Å². The van der Waals surface area contributed by atoms with E-state index in [1.165, 1.54) is 18.5 Å². The molecule has 31 heavy (non-hydrogen) atoms. The van der Waals surface area contributed by atoms with Gasteiger partial charge in [-0.2, -0.15) is 0 Å². The highest BCUT2D eigenvalue weighted by Gasteiger charge is 2.20. The van der Waals surface area contributed by atoms with E-state index in [0.29, 0.717) is 39.9 Å². The average Bonchev–Trinajstić information content (AvgIpc) is 3.28. The van der Waals surface area contributed by atoms with Gasteiger partial charge in [-0.15, -0.1) is 0 Å². The van der Waals surface area contributed by atoms with Crippen LogP contribution in [0.5, 0.6) is 0 Å². The summed E-state index contributed by atoms with van der Waals surface area (Å²) in [4.78, 5) is 29.2. The molecule has 0 radical (unpaired) electrons. The van der Waals surface area contributed by atoms with Crippen molar-refractivity contribution in [3.63, 3.8) is 0 Å². The number of aromatic nitrogens is 5. The Bertz CT molecular complexity index is 1440. The van der Waals surface area contributed by atoms with E-state index in [-0.39, 0.29) is 11.6 Å². The zero-order valence-electron chi connectivity index (χ0n) is 16.7. The first kappa shape index (κ1) is 18.9. The van der Waals surface area contributed by atoms with Crippen molar-refractivity contribution in [2.75, 3.05) is 5.32 Å². The normalized spacial score (nSPS) is 12.3. The SMILES string of the molecule is CC[C@@H](Nc1ncnc2nc[nH]c12)c1cc2ccc(F)cc2c(=O)n1-c1ccccc1. The largest absolute Gasteiger partial charge is 0.360 e. The van der Waals surface area contributed by atoms with Crippen LogP contribution in [0.2, 0.25) is 0 Å². The quantitative estimate of drug-likeness (QED) is 0.446. The summed E-state index contributed by atoms with van der Waals surface area (Å²) in [6.07, 6.45) is 3.69. The third kappa shape index (κ3) is 3.31. The molecule has 3 aromatic heterocycles. The van der Waals surface area contributed by atoms with Gasteiger partial charge in [0.15, 0.2) is 11.5 Å². The summed E-state index contributed by atoms with van der Waals surface area (Å²) in [6.45, 7) is 2.03. The number of hydrogen-bond donors (Lipinski definition) is 2. The Hall–Kier alpha value is -4.07. The van der Waals surface area contributed by atoms with E-state index < -0.39 is 5.82 Å². The van der Waals surface area contributed by atoms with Crippen molar-refractivity contribution in [2.24, 2.45) is 0 Å².